The van der Waals surface area contributed by atoms with Crippen LogP contribution in [0.15, 0.2) is 65.2 Å². The summed E-state index contributed by atoms with van der Waals surface area (Å²) in [5.74, 6) is 1.31. The van der Waals surface area contributed by atoms with Gasteiger partial charge in [-0.25, -0.2) is 9.67 Å². The van der Waals surface area contributed by atoms with Gasteiger partial charge in [0.2, 0.25) is 0 Å². The predicted molar refractivity (Wildman–Crippen MR) is 125 cm³/mol. The molecule has 0 radical (unpaired) electrons. The average Bonchev–Trinajstić information content (AvgIpc) is 3.38. The van der Waals surface area contributed by atoms with Crippen LogP contribution in [0.5, 0.6) is 0 Å². The fraction of sp³-hybridized carbons (Fsp3) is 0.300. The topological polar surface area (TPSA) is 54.2 Å². The fourth-order valence-corrected chi connectivity index (χ4v) is 3.44. The minimum atomic E-state index is 0. The van der Waals surface area contributed by atoms with E-state index in [9.17, 15) is 0 Å². The third kappa shape index (κ3) is 6.35. The second-order valence-corrected chi connectivity index (χ2v) is 7.09. The third-order valence-electron chi connectivity index (χ3n) is 4.05. The molecule has 0 aliphatic rings. The van der Waals surface area contributed by atoms with Gasteiger partial charge in [-0.05, 0) is 42.1 Å². The van der Waals surface area contributed by atoms with Gasteiger partial charge in [0.25, 0.3) is 0 Å². The molecule has 0 spiro atoms. The molecule has 1 unspecified atom stereocenters. The van der Waals surface area contributed by atoms with E-state index < -0.39 is 0 Å². The molecule has 0 saturated carbocycles. The molecule has 144 valence electrons. The molecule has 2 heterocycles. The number of hydrogen-bond acceptors (Lipinski definition) is 3. The van der Waals surface area contributed by atoms with Gasteiger partial charge in [-0.15, -0.1) is 35.3 Å². The summed E-state index contributed by atoms with van der Waals surface area (Å²) in [6.45, 7) is 6.64. The lowest BCUT2D eigenvalue weighted by atomic mass is 10.1. The number of thiophene rings is 1. The maximum Gasteiger partial charge on any atom is 0.191 e. The van der Waals surface area contributed by atoms with Crippen molar-refractivity contribution in [1.29, 1.82) is 0 Å². The van der Waals surface area contributed by atoms with Gasteiger partial charge in [-0.3, -0.25) is 0 Å². The molecule has 27 heavy (non-hydrogen) atoms. The average molecular weight is 495 g/mol. The SMILES string of the molecule is CCNC(=NCc1cccc(-n2cccn2)c1)NCC(C)c1cccs1.I. The molecule has 0 amide bonds. The number of guanidine groups is 1. The smallest absolute Gasteiger partial charge is 0.191 e. The van der Waals surface area contributed by atoms with Crippen molar-refractivity contribution in [2.45, 2.75) is 26.3 Å². The van der Waals surface area contributed by atoms with Crippen molar-refractivity contribution in [1.82, 2.24) is 20.4 Å². The van der Waals surface area contributed by atoms with Gasteiger partial charge in [0.15, 0.2) is 5.96 Å². The maximum absolute atomic E-state index is 4.73. The lowest BCUT2D eigenvalue weighted by Crippen LogP contribution is -2.39. The van der Waals surface area contributed by atoms with Crippen LogP contribution in [0.2, 0.25) is 0 Å². The first kappa shape index (κ1) is 21.4. The van der Waals surface area contributed by atoms with Gasteiger partial charge < -0.3 is 10.6 Å². The van der Waals surface area contributed by atoms with Crippen LogP contribution in [-0.4, -0.2) is 28.8 Å². The van der Waals surface area contributed by atoms with Gasteiger partial charge >= 0.3 is 0 Å². The first-order valence-corrected chi connectivity index (χ1v) is 9.78. The largest absolute Gasteiger partial charge is 0.357 e. The Morgan fingerprint density at radius 2 is 2.11 bits per heavy atom. The minimum absolute atomic E-state index is 0. The summed E-state index contributed by atoms with van der Waals surface area (Å²) in [4.78, 5) is 6.12. The van der Waals surface area contributed by atoms with Crippen LogP contribution in [0.4, 0.5) is 0 Å². The number of aromatic nitrogens is 2. The van der Waals surface area contributed by atoms with E-state index in [0.717, 1.165) is 30.3 Å². The van der Waals surface area contributed by atoms with Crippen molar-refractivity contribution in [2.24, 2.45) is 4.99 Å². The maximum atomic E-state index is 4.73. The normalized spacial score (nSPS) is 12.3. The highest BCUT2D eigenvalue weighted by atomic mass is 127. The number of aliphatic imine (C=N–C) groups is 1. The van der Waals surface area contributed by atoms with Crippen LogP contribution in [0.3, 0.4) is 0 Å². The van der Waals surface area contributed by atoms with Crippen LogP contribution in [-0.2, 0) is 6.54 Å². The summed E-state index contributed by atoms with van der Waals surface area (Å²) in [5, 5.41) is 13.2. The highest BCUT2D eigenvalue weighted by Crippen LogP contribution is 2.19. The van der Waals surface area contributed by atoms with Gasteiger partial charge in [0, 0.05) is 36.3 Å². The van der Waals surface area contributed by atoms with Crippen LogP contribution < -0.4 is 10.6 Å². The molecule has 2 N–H and O–H groups in total. The molecule has 0 aliphatic heterocycles. The highest BCUT2D eigenvalue weighted by Gasteiger charge is 2.07. The van der Waals surface area contributed by atoms with Crippen LogP contribution >= 0.6 is 35.3 Å². The molecule has 3 aromatic rings. The first-order chi connectivity index (χ1) is 12.8. The van der Waals surface area contributed by atoms with Crippen molar-refractivity contribution < 1.29 is 0 Å². The third-order valence-corrected chi connectivity index (χ3v) is 5.15. The Bertz CT molecular complexity index is 815. The Labute approximate surface area is 181 Å². The fourth-order valence-electron chi connectivity index (χ4n) is 2.65. The van der Waals surface area contributed by atoms with Gasteiger partial charge in [0.05, 0.1) is 12.2 Å². The first-order valence-electron chi connectivity index (χ1n) is 8.91. The number of nitrogens with zero attached hydrogens (tertiary/aromatic N) is 3. The Morgan fingerprint density at radius 3 is 2.81 bits per heavy atom. The lowest BCUT2D eigenvalue weighted by Gasteiger charge is -2.15. The summed E-state index contributed by atoms with van der Waals surface area (Å²) in [6, 6.07) is 14.5. The van der Waals surface area contributed by atoms with E-state index in [-0.39, 0.29) is 24.0 Å². The molecule has 0 fully saturated rings. The predicted octanol–water partition coefficient (Wildman–Crippen LogP) is 4.41. The Kier molecular flexibility index (Phi) is 8.80. The molecular formula is C20H26IN5S. The Hall–Kier alpha value is -1.87. The standard InChI is InChI=1S/C20H25N5S.HI/c1-3-21-20(22-14-16(2)19-9-5-12-26-19)23-15-17-7-4-8-18(13-17)25-11-6-10-24-25;/h4-13,16H,3,14-15H2,1-2H3,(H2,21,22,23);1H. The summed E-state index contributed by atoms with van der Waals surface area (Å²) >= 11 is 1.80. The van der Waals surface area contributed by atoms with E-state index in [0.29, 0.717) is 12.5 Å². The van der Waals surface area contributed by atoms with Gasteiger partial charge in [-0.2, -0.15) is 5.10 Å². The van der Waals surface area contributed by atoms with Crippen LogP contribution in [0.25, 0.3) is 5.69 Å². The van der Waals surface area contributed by atoms with Crippen molar-refractivity contribution >= 4 is 41.3 Å². The number of benzene rings is 1. The number of rotatable bonds is 7. The van der Waals surface area contributed by atoms with Crippen molar-refractivity contribution in [2.75, 3.05) is 13.1 Å². The Balaban J connectivity index is 0.00000261. The zero-order valence-electron chi connectivity index (χ0n) is 15.6. The summed E-state index contributed by atoms with van der Waals surface area (Å²) in [7, 11) is 0. The molecular weight excluding hydrogens is 469 g/mol. The van der Waals surface area contributed by atoms with E-state index in [1.54, 1.807) is 17.5 Å². The molecule has 7 heteroatoms. The quantitative estimate of drug-likeness (QED) is 0.290. The van der Waals surface area contributed by atoms with E-state index in [1.165, 1.54) is 4.88 Å². The zero-order valence-corrected chi connectivity index (χ0v) is 18.8. The summed E-state index contributed by atoms with van der Waals surface area (Å²) < 4.78 is 1.86. The summed E-state index contributed by atoms with van der Waals surface area (Å²) in [5.41, 5.74) is 2.20. The lowest BCUT2D eigenvalue weighted by molar-refractivity contribution is 0.709. The van der Waals surface area contributed by atoms with E-state index in [1.807, 2.05) is 29.1 Å². The molecule has 0 aliphatic carbocycles. The molecule has 1 atom stereocenters. The Morgan fingerprint density at radius 1 is 1.22 bits per heavy atom. The second-order valence-electron chi connectivity index (χ2n) is 6.11. The molecule has 0 saturated heterocycles. The van der Waals surface area contributed by atoms with E-state index in [4.69, 9.17) is 4.99 Å². The molecule has 2 aromatic heterocycles. The van der Waals surface area contributed by atoms with Crippen molar-refractivity contribution in [3.05, 3.63) is 70.7 Å². The van der Waals surface area contributed by atoms with Crippen LogP contribution in [0, 0.1) is 0 Å². The van der Waals surface area contributed by atoms with Crippen LogP contribution in [0.1, 0.15) is 30.2 Å². The number of nitrogens with one attached hydrogen (secondary N) is 2. The molecule has 1 aromatic carbocycles. The van der Waals surface area contributed by atoms with Crippen molar-refractivity contribution in [3.8, 4) is 5.69 Å². The molecule has 5 nitrogen and oxygen atoms in total. The monoisotopic (exact) mass is 495 g/mol. The summed E-state index contributed by atoms with van der Waals surface area (Å²) in [6.07, 6.45) is 3.73. The second kappa shape index (κ2) is 11.1. The molecule has 0 bridgehead atoms. The zero-order chi connectivity index (χ0) is 18.2. The van der Waals surface area contributed by atoms with E-state index >= 15 is 0 Å². The number of hydrogen-bond donors (Lipinski definition) is 2. The van der Waals surface area contributed by atoms with E-state index in [2.05, 4.69) is 59.2 Å². The highest BCUT2D eigenvalue weighted by molar-refractivity contribution is 14.0. The van der Waals surface area contributed by atoms with Gasteiger partial charge in [0.1, 0.15) is 0 Å². The van der Waals surface area contributed by atoms with Gasteiger partial charge in [-0.1, -0.05) is 25.1 Å². The number of halogens is 1. The molecule has 3 rings (SSSR count). The van der Waals surface area contributed by atoms with Crippen molar-refractivity contribution in [3.63, 3.8) is 0 Å². The minimum Gasteiger partial charge on any atom is -0.357 e.